The molecule has 4 nitrogen and oxygen atoms in total. The Hall–Kier alpha value is -1.11. The van der Waals surface area contributed by atoms with E-state index in [2.05, 4.69) is 31.9 Å². The van der Waals surface area contributed by atoms with Crippen molar-refractivity contribution in [1.29, 1.82) is 0 Å². The predicted octanol–water partition coefficient (Wildman–Crippen LogP) is 5.29. The van der Waals surface area contributed by atoms with Crippen LogP contribution in [0.2, 0.25) is 0 Å². The van der Waals surface area contributed by atoms with E-state index in [0.717, 1.165) is 45.1 Å². The number of furan rings is 1. The van der Waals surface area contributed by atoms with Crippen molar-refractivity contribution in [3.05, 3.63) is 28.6 Å². The zero-order valence-corrected chi connectivity index (χ0v) is 16.2. The van der Waals surface area contributed by atoms with E-state index < -0.39 is 0 Å². The van der Waals surface area contributed by atoms with E-state index in [-0.39, 0.29) is 5.60 Å². The monoisotopic (exact) mass is 364 g/mol. The molecule has 0 fully saturated rings. The predicted molar refractivity (Wildman–Crippen MR) is 101 cm³/mol. The van der Waals surface area contributed by atoms with Gasteiger partial charge in [0, 0.05) is 24.3 Å². The Morgan fingerprint density at radius 2 is 2.25 bits per heavy atom. The second-order valence-corrected chi connectivity index (χ2v) is 8.16. The number of hydrogen-bond donors (Lipinski definition) is 0. The smallest absolute Gasteiger partial charge is 0.232 e. The Kier molecular flexibility index (Phi) is 5.18. The number of ether oxygens (including phenoxy) is 1. The van der Waals surface area contributed by atoms with Crippen LogP contribution in [-0.2, 0) is 24.3 Å². The van der Waals surface area contributed by atoms with E-state index in [1.165, 1.54) is 6.42 Å². The molecule has 0 N–H and O–H groups in total. The molecule has 3 heterocycles. The van der Waals surface area contributed by atoms with Crippen molar-refractivity contribution in [2.45, 2.75) is 63.9 Å². The minimum absolute atomic E-state index is 0.205. The van der Waals surface area contributed by atoms with Crippen LogP contribution in [0.15, 0.2) is 22.2 Å². The topological polar surface area (TPSA) is 40.2 Å². The summed E-state index contributed by atoms with van der Waals surface area (Å²) >= 11 is 7.53. The van der Waals surface area contributed by atoms with E-state index in [0.29, 0.717) is 18.9 Å². The van der Waals surface area contributed by atoms with Crippen LogP contribution >= 0.6 is 24.0 Å². The normalized spacial score (nSPS) is 16.3. The van der Waals surface area contributed by atoms with Crippen LogP contribution in [0.1, 0.15) is 44.9 Å². The van der Waals surface area contributed by atoms with Gasteiger partial charge in [0.1, 0.15) is 17.0 Å². The average molecular weight is 365 g/mol. The zero-order valence-electron chi connectivity index (χ0n) is 14.6. The Labute approximate surface area is 152 Å². The molecular weight excluding hydrogens is 340 g/mol. The van der Waals surface area contributed by atoms with Crippen molar-refractivity contribution in [1.82, 2.24) is 9.55 Å². The molecule has 6 heteroatoms. The third kappa shape index (κ3) is 3.32. The molecule has 130 valence electrons. The maximum Gasteiger partial charge on any atom is 0.232 e. The Bertz CT molecular complexity index is 821. The SMILES string of the molecule is C=CCn1c(SCCCC)nc2oc3c(c2c1=S)CC(C)(C)OC3. The van der Waals surface area contributed by atoms with Gasteiger partial charge in [0.15, 0.2) is 5.16 Å². The molecule has 0 aliphatic carbocycles. The molecule has 0 saturated carbocycles. The first kappa shape index (κ1) is 17.7. The second kappa shape index (κ2) is 7.02. The van der Waals surface area contributed by atoms with Gasteiger partial charge in [0.2, 0.25) is 5.71 Å². The van der Waals surface area contributed by atoms with Crippen molar-refractivity contribution < 1.29 is 9.15 Å². The zero-order chi connectivity index (χ0) is 17.3. The minimum atomic E-state index is -0.205. The van der Waals surface area contributed by atoms with Crippen LogP contribution in [0.5, 0.6) is 0 Å². The standard InChI is InChI=1S/C18H24N2O2S2/c1-5-7-9-24-17-19-15-14(16(23)20(17)8-6-2)12-10-18(3,4)21-11-13(12)22-15/h6H,2,5,7-11H2,1,3-4H3. The van der Waals surface area contributed by atoms with Crippen molar-refractivity contribution in [2.75, 3.05) is 5.75 Å². The van der Waals surface area contributed by atoms with Gasteiger partial charge in [-0.25, -0.2) is 0 Å². The van der Waals surface area contributed by atoms with Gasteiger partial charge in [-0.15, -0.1) is 6.58 Å². The van der Waals surface area contributed by atoms with Gasteiger partial charge >= 0.3 is 0 Å². The van der Waals surface area contributed by atoms with Crippen molar-refractivity contribution in [3.63, 3.8) is 0 Å². The molecule has 0 aromatic carbocycles. The summed E-state index contributed by atoms with van der Waals surface area (Å²) in [5.74, 6) is 1.89. The molecule has 2 aromatic rings. The lowest BCUT2D eigenvalue weighted by Gasteiger charge is -2.29. The van der Waals surface area contributed by atoms with Gasteiger partial charge in [-0.1, -0.05) is 43.4 Å². The number of nitrogens with zero attached hydrogens (tertiary/aromatic N) is 2. The number of thioether (sulfide) groups is 1. The fourth-order valence-electron chi connectivity index (χ4n) is 2.92. The highest BCUT2D eigenvalue weighted by atomic mass is 32.2. The van der Waals surface area contributed by atoms with Crippen molar-refractivity contribution >= 4 is 35.1 Å². The van der Waals surface area contributed by atoms with Crippen LogP contribution < -0.4 is 0 Å². The van der Waals surface area contributed by atoms with Gasteiger partial charge < -0.3 is 13.7 Å². The molecule has 0 unspecified atom stereocenters. The fraction of sp³-hybridized carbons (Fsp3) is 0.556. The summed E-state index contributed by atoms with van der Waals surface area (Å²) in [7, 11) is 0. The molecule has 0 saturated heterocycles. The van der Waals surface area contributed by atoms with Gasteiger partial charge in [0.05, 0.1) is 11.0 Å². The van der Waals surface area contributed by atoms with Crippen LogP contribution in [-0.4, -0.2) is 20.9 Å². The summed E-state index contributed by atoms with van der Waals surface area (Å²) in [5.41, 5.74) is 1.59. The first-order chi connectivity index (χ1) is 11.5. The van der Waals surface area contributed by atoms with E-state index in [1.807, 2.05) is 6.08 Å². The van der Waals surface area contributed by atoms with Gasteiger partial charge in [0.25, 0.3) is 0 Å². The number of fused-ring (bicyclic) bond motifs is 3. The molecule has 0 bridgehead atoms. The highest BCUT2D eigenvalue weighted by molar-refractivity contribution is 7.99. The summed E-state index contributed by atoms with van der Waals surface area (Å²) < 4.78 is 14.7. The molecule has 1 aliphatic rings. The average Bonchev–Trinajstić information content (AvgIpc) is 2.87. The van der Waals surface area contributed by atoms with Crippen LogP contribution in [0, 0.1) is 4.64 Å². The molecule has 0 radical (unpaired) electrons. The van der Waals surface area contributed by atoms with E-state index in [4.69, 9.17) is 26.4 Å². The van der Waals surface area contributed by atoms with E-state index in [9.17, 15) is 0 Å². The number of hydrogen-bond acceptors (Lipinski definition) is 5. The molecule has 3 rings (SSSR count). The molecule has 0 atom stereocenters. The largest absolute Gasteiger partial charge is 0.440 e. The summed E-state index contributed by atoms with van der Waals surface area (Å²) in [6, 6.07) is 0. The molecule has 0 amide bonds. The van der Waals surface area contributed by atoms with E-state index in [1.54, 1.807) is 11.8 Å². The van der Waals surface area contributed by atoms with Gasteiger partial charge in [-0.3, -0.25) is 0 Å². The third-order valence-corrected chi connectivity index (χ3v) is 5.68. The van der Waals surface area contributed by atoms with Crippen LogP contribution in [0.25, 0.3) is 11.1 Å². The summed E-state index contributed by atoms with van der Waals surface area (Å²) in [4.78, 5) is 4.77. The first-order valence-corrected chi connectivity index (χ1v) is 9.79. The summed E-state index contributed by atoms with van der Waals surface area (Å²) in [6.45, 7) is 11.4. The minimum Gasteiger partial charge on any atom is -0.440 e. The molecule has 0 spiro atoms. The molecule has 2 aromatic heterocycles. The lowest BCUT2D eigenvalue weighted by atomic mass is 9.94. The maximum atomic E-state index is 5.99. The van der Waals surface area contributed by atoms with Crippen LogP contribution in [0.4, 0.5) is 0 Å². The van der Waals surface area contributed by atoms with Crippen molar-refractivity contribution in [2.24, 2.45) is 0 Å². The molecular formula is C18H24N2O2S2. The summed E-state index contributed by atoms with van der Waals surface area (Å²) in [6.07, 6.45) is 4.98. The first-order valence-electron chi connectivity index (χ1n) is 8.39. The van der Waals surface area contributed by atoms with Gasteiger partial charge in [-0.2, -0.15) is 4.98 Å². The fourth-order valence-corrected chi connectivity index (χ4v) is 4.43. The molecule has 24 heavy (non-hydrogen) atoms. The number of rotatable bonds is 6. The Balaban J connectivity index is 2.13. The second-order valence-electron chi connectivity index (χ2n) is 6.71. The van der Waals surface area contributed by atoms with Crippen molar-refractivity contribution in [3.8, 4) is 0 Å². The lowest BCUT2D eigenvalue weighted by Crippen LogP contribution is -2.31. The van der Waals surface area contributed by atoms with Gasteiger partial charge in [-0.05, 0) is 20.3 Å². The Morgan fingerprint density at radius 1 is 1.46 bits per heavy atom. The Morgan fingerprint density at radius 3 is 2.96 bits per heavy atom. The third-order valence-electron chi connectivity index (χ3n) is 4.20. The number of allylic oxidation sites excluding steroid dienone is 1. The molecule has 1 aliphatic heterocycles. The quantitative estimate of drug-likeness (QED) is 0.229. The highest BCUT2D eigenvalue weighted by Gasteiger charge is 2.31. The highest BCUT2D eigenvalue weighted by Crippen LogP contribution is 2.36. The summed E-state index contributed by atoms with van der Waals surface area (Å²) in [5, 5.41) is 1.88. The number of aromatic nitrogens is 2. The van der Waals surface area contributed by atoms with Crippen LogP contribution in [0.3, 0.4) is 0 Å². The number of unbranched alkanes of at least 4 members (excludes halogenated alkanes) is 1. The maximum absolute atomic E-state index is 5.99. The lowest BCUT2D eigenvalue weighted by molar-refractivity contribution is -0.0476. The van der Waals surface area contributed by atoms with E-state index >= 15 is 0 Å².